The third kappa shape index (κ3) is 2.57. The molecule has 1 saturated heterocycles. The molecule has 0 aliphatic carbocycles. The van der Waals surface area contributed by atoms with Crippen LogP contribution < -0.4 is 4.90 Å². The van der Waals surface area contributed by atoms with Gasteiger partial charge in [0.05, 0.1) is 24.4 Å². The Morgan fingerprint density at radius 3 is 3.06 bits per heavy atom. The molecular formula is C11H15BrFN3O. The van der Waals surface area contributed by atoms with Crippen molar-refractivity contribution in [1.29, 1.82) is 0 Å². The van der Waals surface area contributed by atoms with Gasteiger partial charge in [0.25, 0.3) is 0 Å². The van der Waals surface area contributed by atoms with E-state index in [0.717, 1.165) is 5.33 Å². The molecule has 1 aromatic heterocycles. The number of nitrogens with zero attached hydrogens (tertiary/aromatic N) is 3. The number of hydrogen-bond donors (Lipinski definition) is 0. The molecule has 0 saturated carbocycles. The minimum absolute atomic E-state index is 0.0703. The molecule has 0 N–H and O–H groups in total. The van der Waals surface area contributed by atoms with E-state index in [-0.39, 0.29) is 18.0 Å². The molecule has 6 heteroatoms. The van der Waals surface area contributed by atoms with Gasteiger partial charge >= 0.3 is 0 Å². The molecular weight excluding hydrogens is 289 g/mol. The van der Waals surface area contributed by atoms with Crippen LogP contribution in [0.4, 0.5) is 10.2 Å². The maximum atomic E-state index is 14.0. The molecule has 17 heavy (non-hydrogen) atoms. The molecule has 1 aliphatic rings. The molecule has 1 fully saturated rings. The van der Waals surface area contributed by atoms with Crippen molar-refractivity contribution in [3.63, 3.8) is 0 Å². The normalized spacial score (nSPS) is 25.1. The van der Waals surface area contributed by atoms with Crippen LogP contribution >= 0.6 is 15.9 Å². The third-order valence-corrected chi connectivity index (χ3v) is 3.62. The minimum atomic E-state index is -0.338. The van der Waals surface area contributed by atoms with Crippen LogP contribution in [0.5, 0.6) is 0 Å². The average molecular weight is 304 g/mol. The van der Waals surface area contributed by atoms with Crippen LogP contribution in [-0.2, 0) is 4.74 Å². The van der Waals surface area contributed by atoms with Crippen LogP contribution in [0.1, 0.15) is 12.6 Å². The van der Waals surface area contributed by atoms with Crippen molar-refractivity contribution in [2.45, 2.75) is 26.0 Å². The summed E-state index contributed by atoms with van der Waals surface area (Å²) in [6, 6.07) is 0.120. The van der Waals surface area contributed by atoms with Gasteiger partial charge < -0.3 is 9.64 Å². The SMILES string of the molecule is Cc1ncnc(N2CC(CBr)OCC2C)c1F. The molecule has 2 heterocycles. The summed E-state index contributed by atoms with van der Waals surface area (Å²) in [7, 11) is 0. The van der Waals surface area contributed by atoms with Crippen LogP contribution in [0, 0.1) is 12.7 Å². The first-order valence-corrected chi connectivity index (χ1v) is 6.67. The molecule has 1 aliphatic heterocycles. The first-order valence-electron chi connectivity index (χ1n) is 5.54. The first-order chi connectivity index (χ1) is 8.13. The Morgan fingerprint density at radius 2 is 2.35 bits per heavy atom. The number of aryl methyl sites for hydroxylation is 1. The zero-order chi connectivity index (χ0) is 12.4. The summed E-state index contributed by atoms with van der Waals surface area (Å²) in [4.78, 5) is 9.84. The lowest BCUT2D eigenvalue weighted by atomic mass is 10.2. The van der Waals surface area contributed by atoms with E-state index in [0.29, 0.717) is 24.7 Å². The van der Waals surface area contributed by atoms with Crippen molar-refractivity contribution in [3.8, 4) is 0 Å². The summed E-state index contributed by atoms with van der Waals surface area (Å²) in [5.41, 5.74) is 0.379. The number of morpholine rings is 1. The first kappa shape index (κ1) is 12.7. The highest BCUT2D eigenvalue weighted by molar-refractivity contribution is 9.09. The fraction of sp³-hybridized carbons (Fsp3) is 0.636. The van der Waals surface area contributed by atoms with Gasteiger partial charge in [-0.05, 0) is 13.8 Å². The second-order valence-corrected chi connectivity index (χ2v) is 4.86. The highest BCUT2D eigenvalue weighted by atomic mass is 79.9. The number of halogens is 2. The topological polar surface area (TPSA) is 38.2 Å². The Morgan fingerprint density at radius 1 is 1.59 bits per heavy atom. The standard InChI is InChI=1S/C11H15BrFN3O/c1-7-5-17-9(3-12)4-16(7)11-10(13)8(2)14-6-15-11/h6-7,9H,3-5H2,1-2H3. The third-order valence-electron chi connectivity index (χ3n) is 2.90. The quantitative estimate of drug-likeness (QED) is 0.782. The van der Waals surface area contributed by atoms with Crippen molar-refractivity contribution in [2.75, 3.05) is 23.4 Å². The van der Waals surface area contributed by atoms with Gasteiger partial charge in [-0.3, -0.25) is 0 Å². The van der Waals surface area contributed by atoms with Crippen molar-refractivity contribution < 1.29 is 9.13 Å². The number of hydrogen-bond acceptors (Lipinski definition) is 4. The predicted octanol–water partition coefficient (Wildman–Crippen LogP) is 1.91. The van der Waals surface area contributed by atoms with Crippen LogP contribution in [0.3, 0.4) is 0 Å². The number of alkyl halides is 1. The molecule has 2 unspecified atom stereocenters. The molecule has 2 atom stereocenters. The highest BCUT2D eigenvalue weighted by Crippen LogP contribution is 2.23. The molecule has 0 spiro atoms. The monoisotopic (exact) mass is 303 g/mol. The van der Waals surface area contributed by atoms with Crippen molar-refractivity contribution in [1.82, 2.24) is 9.97 Å². The Hall–Kier alpha value is -0.750. The van der Waals surface area contributed by atoms with E-state index in [1.54, 1.807) is 6.92 Å². The summed E-state index contributed by atoms with van der Waals surface area (Å²) in [6.45, 7) is 4.87. The van der Waals surface area contributed by atoms with Crippen LogP contribution in [-0.4, -0.2) is 40.6 Å². The summed E-state index contributed by atoms with van der Waals surface area (Å²) < 4.78 is 19.6. The Balaban J connectivity index is 2.27. The van der Waals surface area contributed by atoms with Gasteiger partial charge in [-0.25, -0.2) is 14.4 Å². The Bertz CT molecular complexity index is 404. The Kier molecular flexibility index (Phi) is 3.93. The van der Waals surface area contributed by atoms with E-state index in [2.05, 4.69) is 25.9 Å². The second kappa shape index (κ2) is 5.27. The summed E-state index contributed by atoms with van der Waals surface area (Å²) >= 11 is 3.39. The zero-order valence-corrected chi connectivity index (χ0v) is 11.4. The van der Waals surface area contributed by atoms with E-state index in [4.69, 9.17) is 4.74 Å². The molecule has 4 nitrogen and oxygen atoms in total. The molecule has 0 amide bonds. The smallest absolute Gasteiger partial charge is 0.186 e. The van der Waals surface area contributed by atoms with Gasteiger partial charge in [0.2, 0.25) is 0 Å². The summed E-state index contributed by atoms with van der Waals surface area (Å²) in [5, 5.41) is 0.738. The van der Waals surface area contributed by atoms with Crippen molar-refractivity contribution >= 4 is 21.7 Å². The van der Waals surface area contributed by atoms with E-state index in [1.807, 2.05) is 11.8 Å². The molecule has 0 bridgehead atoms. The van der Waals surface area contributed by atoms with Gasteiger partial charge in [0, 0.05) is 11.9 Å². The number of ether oxygens (including phenoxy) is 1. The number of rotatable bonds is 2. The molecule has 0 radical (unpaired) electrons. The fourth-order valence-corrected chi connectivity index (χ4v) is 2.24. The average Bonchev–Trinajstić information content (AvgIpc) is 2.34. The fourth-order valence-electron chi connectivity index (χ4n) is 1.85. The lowest BCUT2D eigenvalue weighted by Gasteiger charge is -2.38. The van der Waals surface area contributed by atoms with E-state index in [1.165, 1.54) is 6.33 Å². The van der Waals surface area contributed by atoms with Crippen LogP contribution in [0.15, 0.2) is 6.33 Å². The maximum Gasteiger partial charge on any atom is 0.186 e. The second-order valence-electron chi connectivity index (χ2n) is 4.21. The number of aromatic nitrogens is 2. The Labute approximate surface area is 108 Å². The number of anilines is 1. The van der Waals surface area contributed by atoms with Crippen molar-refractivity contribution in [2.24, 2.45) is 0 Å². The van der Waals surface area contributed by atoms with E-state index >= 15 is 0 Å². The predicted molar refractivity (Wildman–Crippen MR) is 67.1 cm³/mol. The highest BCUT2D eigenvalue weighted by Gasteiger charge is 2.28. The summed E-state index contributed by atoms with van der Waals surface area (Å²) in [6.07, 6.45) is 1.47. The van der Waals surface area contributed by atoms with Gasteiger partial charge in [-0.1, -0.05) is 15.9 Å². The van der Waals surface area contributed by atoms with Crippen molar-refractivity contribution in [3.05, 3.63) is 17.8 Å². The lowest BCUT2D eigenvalue weighted by Crippen LogP contribution is -2.49. The van der Waals surface area contributed by atoms with E-state index < -0.39 is 0 Å². The largest absolute Gasteiger partial charge is 0.373 e. The zero-order valence-electron chi connectivity index (χ0n) is 9.86. The lowest BCUT2D eigenvalue weighted by molar-refractivity contribution is 0.0373. The minimum Gasteiger partial charge on any atom is -0.373 e. The van der Waals surface area contributed by atoms with Gasteiger partial charge in [-0.15, -0.1) is 0 Å². The van der Waals surface area contributed by atoms with Crippen LogP contribution in [0.2, 0.25) is 0 Å². The van der Waals surface area contributed by atoms with Gasteiger partial charge in [0.15, 0.2) is 11.6 Å². The van der Waals surface area contributed by atoms with Gasteiger partial charge in [-0.2, -0.15) is 0 Å². The molecule has 0 aromatic carbocycles. The molecule has 1 aromatic rings. The van der Waals surface area contributed by atoms with E-state index in [9.17, 15) is 4.39 Å². The molecule has 94 valence electrons. The maximum absolute atomic E-state index is 14.0. The molecule has 2 rings (SSSR count). The summed E-state index contributed by atoms with van der Waals surface area (Å²) in [5.74, 6) is 0.0359. The van der Waals surface area contributed by atoms with Crippen LogP contribution in [0.25, 0.3) is 0 Å². The van der Waals surface area contributed by atoms with Gasteiger partial charge in [0.1, 0.15) is 6.33 Å².